The molecule has 1 heterocycles. The number of carbonyl (C=O) groups excluding carboxylic acids is 1. The van der Waals surface area contributed by atoms with Crippen LogP contribution in [0, 0.1) is 5.92 Å². The predicted molar refractivity (Wildman–Crippen MR) is 142 cm³/mol. The lowest BCUT2D eigenvalue weighted by Crippen LogP contribution is -2.44. The molecular weight excluding hydrogens is 479 g/mol. The van der Waals surface area contributed by atoms with E-state index in [1.165, 1.54) is 0 Å². The van der Waals surface area contributed by atoms with Crippen molar-refractivity contribution in [2.45, 2.75) is 110 Å². The molecule has 1 aliphatic heterocycles. The quantitative estimate of drug-likeness (QED) is 0.227. The highest BCUT2D eigenvalue weighted by Gasteiger charge is 2.47. The predicted octanol–water partition coefficient (Wildman–Crippen LogP) is 6.59. The molecule has 0 spiro atoms. The highest BCUT2D eigenvalue weighted by molar-refractivity contribution is 6.74. The molecule has 6 nitrogen and oxygen atoms in total. The summed E-state index contributed by atoms with van der Waals surface area (Å²) in [6.07, 6.45) is -0.198. The van der Waals surface area contributed by atoms with Crippen LogP contribution >= 0.6 is 0 Å². The molecule has 204 valence electrons. The molecule has 1 aromatic carbocycles. The van der Waals surface area contributed by atoms with E-state index >= 15 is 4.39 Å². The second kappa shape index (κ2) is 12.3. The van der Waals surface area contributed by atoms with Gasteiger partial charge in [0.15, 0.2) is 14.1 Å². The summed E-state index contributed by atoms with van der Waals surface area (Å²) in [6, 6.07) is 7.40. The lowest BCUT2D eigenvalue weighted by atomic mass is 10.00. The normalized spacial score (nSPS) is 23.2. The summed E-state index contributed by atoms with van der Waals surface area (Å²) >= 11 is 0. The maximum absolute atomic E-state index is 15.9. The number of rotatable bonds is 12. The Morgan fingerprint density at radius 1 is 1.17 bits per heavy atom. The van der Waals surface area contributed by atoms with E-state index in [-0.39, 0.29) is 30.1 Å². The third kappa shape index (κ3) is 8.21. The molecule has 0 radical (unpaired) electrons. The van der Waals surface area contributed by atoms with Crippen LogP contribution in [0.1, 0.15) is 60.5 Å². The molecule has 2 rings (SSSR count). The van der Waals surface area contributed by atoms with E-state index in [2.05, 4.69) is 33.9 Å². The molecule has 1 unspecified atom stereocenters. The van der Waals surface area contributed by atoms with Gasteiger partial charge in [-0.05, 0) is 62.7 Å². The topological polar surface area (TPSA) is 63.2 Å². The van der Waals surface area contributed by atoms with Crippen LogP contribution in [0.3, 0.4) is 0 Å². The fourth-order valence-corrected chi connectivity index (χ4v) is 5.36. The third-order valence-electron chi connectivity index (χ3n) is 7.16. The second-order valence-corrected chi connectivity index (χ2v) is 16.4. The molecule has 1 fully saturated rings. The standard InChI is InChI=1S/C28H45FO6Si/c1-19(20(2)35-36(9,10)27(3,4)5)17-23(29)25(26-24(15-16-30)33-28(6,7)34-26)32-18-21-11-13-22(31-8)14-12-21/h11-14,16-17,19-20,24-26H,15,18H2,1-10H3/b23-17+/t19-,20?,24+,25-,26+/m1/s1. The Labute approximate surface area is 217 Å². The molecule has 0 N–H and O–H groups in total. The lowest BCUT2D eigenvalue weighted by molar-refractivity contribution is -0.158. The van der Waals surface area contributed by atoms with Crippen molar-refractivity contribution < 1.29 is 32.6 Å². The Hall–Kier alpha value is -1.58. The van der Waals surface area contributed by atoms with Crippen molar-refractivity contribution >= 4 is 14.6 Å². The molecule has 36 heavy (non-hydrogen) atoms. The first kappa shape index (κ1) is 30.6. The van der Waals surface area contributed by atoms with Crippen LogP contribution in [0.15, 0.2) is 36.2 Å². The van der Waals surface area contributed by atoms with E-state index in [1.807, 2.05) is 38.1 Å². The Morgan fingerprint density at radius 3 is 2.31 bits per heavy atom. The Kier molecular flexibility index (Phi) is 10.5. The van der Waals surface area contributed by atoms with Crippen LogP contribution in [0.25, 0.3) is 0 Å². The summed E-state index contributed by atoms with van der Waals surface area (Å²) in [5, 5.41) is 0.0515. The van der Waals surface area contributed by atoms with Gasteiger partial charge < -0.3 is 28.2 Å². The first-order chi connectivity index (χ1) is 16.6. The molecular formula is C28H45FO6Si. The average Bonchev–Trinajstić information content (AvgIpc) is 3.07. The number of halogens is 1. The van der Waals surface area contributed by atoms with Gasteiger partial charge in [-0.1, -0.05) is 39.8 Å². The molecule has 0 aromatic heterocycles. The average molecular weight is 525 g/mol. The largest absolute Gasteiger partial charge is 0.497 e. The van der Waals surface area contributed by atoms with Crippen molar-refractivity contribution in [1.82, 2.24) is 0 Å². The number of methoxy groups -OCH3 is 1. The van der Waals surface area contributed by atoms with Crippen LogP contribution in [0.4, 0.5) is 4.39 Å². The minimum atomic E-state index is -2.02. The van der Waals surface area contributed by atoms with Gasteiger partial charge in [-0.25, -0.2) is 4.39 Å². The molecule has 0 amide bonds. The van der Waals surface area contributed by atoms with Crippen molar-refractivity contribution in [3.63, 3.8) is 0 Å². The van der Waals surface area contributed by atoms with E-state index in [0.29, 0.717) is 0 Å². The van der Waals surface area contributed by atoms with Crippen LogP contribution in [0.2, 0.25) is 18.1 Å². The van der Waals surface area contributed by atoms with Crippen molar-refractivity contribution in [3.05, 3.63) is 41.7 Å². The zero-order valence-corrected chi connectivity index (χ0v) is 24.6. The monoisotopic (exact) mass is 524 g/mol. The molecule has 1 aliphatic rings. The lowest BCUT2D eigenvalue weighted by Gasteiger charge is -2.39. The van der Waals surface area contributed by atoms with E-state index < -0.39 is 38.2 Å². The Morgan fingerprint density at radius 2 is 1.78 bits per heavy atom. The summed E-state index contributed by atoms with van der Waals surface area (Å²) in [7, 11) is -0.417. The highest BCUT2D eigenvalue weighted by Crippen LogP contribution is 2.39. The van der Waals surface area contributed by atoms with Gasteiger partial charge in [0, 0.05) is 18.4 Å². The van der Waals surface area contributed by atoms with E-state index in [4.69, 9.17) is 23.4 Å². The maximum Gasteiger partial charge on any atom is 0.192 e. The van der Waals surface area contributed by atoms with Gasteiger partial charge in [-0.2, -0.15) is 0 Å². The smallest absolute Gasteiger partial charge is 0.192 e. The second-order valence-electron chi connectivity index (χ2n) is 11.6. The zero-order chi connectivity index (χ0) is 27.3. The first-order valence-electron chi connectivity index (χ1n) is 12.7. The minimum absolute atomic E-state index is 0.0515. The van der Waals surface area contributed by atoms with Gasteiger partial charge in [0.05, 0.1) is 19.8 Å². The first-order valence-corrected chi connectivity index (χ1v) is 15.6. The number of hydrogen-bond donors (Lipinski definition) is 0. The molecule has 1 saturated heterocycles. The number of ether oxygens (including phenoxy) is 4. The molecule has 1 aromatic rings. The highest BCUT2D eigenvalue weighted by atomic mass is 28.4. The number of hydrogen-bond acceptors (Lipinski definition) is 6. The summed E-state index contributed by atoms with van der Waals surface area (Å²) in [6.45, 7) is 18.5. The van der Waals surface area contributed by atoms with Crippen molar-refractivity contribution in [3.8, 4) is 5.75 Å². The van der Waals surface area contributed by atoms with Crippen molar-refractivity contribution in [2.75, 3.05) is 7.11 Å². The van der Waals surface area contributed by atoms with Gasteiger partial charge in [0.2, 0.25) is 0 Å². The number of aldehydes is 1. The fourth-order valence-electron chi connectivity index (χ4n) is 3.87. The van der Waals surface area contributed by atoms with E-state index in [9.17, 15) is 4.79 Å². The van der Waals surface area contributed by atoms with Gasteiger partial charge in [-0.15, -0.1) is 0 Å². The summed E-state index contributed by atoms with van der Waals surface area (Å²) in [4.78, 5) is 11.3. The molecule has 5 atom stereocenters. The molecule has 0 aliphatic carbocycles. The van der Waals surface area contributed by atoms with Crippen LogP contribution in [-0.2, 0) is 30.0 Å². The Balaban J connectivity index is 2.29. The fraction of sp³-hybridized carbons (Fsp3) is 0.679. The number of benzene rings is 1. The van der Waals surface area contributed by atoms with Crippen LogP contribution in [0.5, 0.6) is 5.75 Å². The SMILES string of the molecule is COc1ccc(CO[C@H](/C(F)=C\[C@@H](C)C(C)O[Si](C)(C)C(C)(C)C)[C@H]2OC(C)(C)O[C@H]2CC=O)cc1. The van der Waals surface area contributed by atoms with E-state index in [1.54, 1.807) is 27.0 Å². The molecule has 8 heteroatoms. The van der Waals surface area contributed by atoms with Crippen molar-refractivity contribution in [1.29, 1.82) is 0 Å². The van der Waals surface area contributed by atoms with Gasteiger partial charge >= 0.3 is 0 Å². The van der Waals surface area contributed by atoms with Crippen molar-refractivity contribution in [2.24, 2.45) is 5.92 Å². The molecule has 0 saturated carbocycles. The van der Waals surface area contributed by atoms with Gasteiger partial charge in [0.1, 0.15) is 30.1 Å². The van der Waals surface area contributed by atoms with Gasteiger partial charge in [-0.3, -0.25) is 0 Å². The van der Waals surface area contributed by atoms with Crippen LogP contribution in [-0.4, -0.2) is 51.9 Å². The minimum Gasteiger partial charge on any atom is -0.497 e. The summed E-state index contributed by atoms with van der Waals surface area (Å²) in [5.74, 6) is -0.883. The van der Waals surface area contributed by atoms with Crippen LogP contribution < -0.4 is 4.74 Å². The molecule has 0 bridgehead atoms. The summed E-state index contributed by atoms with van der Waals surface area (Å²) < 4.78 is 45.7. The summed E-state index contributed by atoms with van der Waals surface area (Å²) in [5.41, 5.74) is 0.862. The Bertz CT molecular complexity index is 877. The zero-order valence-electron chi connectivity index (χ0n) is 23.6. The van der Waals surface area contributed by atoms with E-state index in [0.717, 1.165) is 17.6 Å². The third-order valence-corrected chi connectivity index (χ3v) is 11.7. The number of carbonyl (C=O) groups is 1. The maximum atomic E-state index is 15.9. The van der Waals surface area contributed by atoms with Gasteiger partial charge in [0.25, 0.3) is 0 Å².